The Labute approximate surface area is 194 Å². The van der Waals surface area contributed by atoms with Crippen molar-refractivity contribution < 1.29 is 13.9 Å². The lowest BCUT2D eigenvalue weighted by atomic mass is 10.0. The summed E-state index contributed by atoms with van der Waals surface area (Å²) in [5.74, 6) is 0.202. The average Bonchev–Trinajstić information content (AvgIpc) is 3.23. The summed E-state index contributed by atoms with van der Waals surface area (Å²) < 4.78 is 21.4. The molecule has 2 N–H and O–H groups in total. The fourth-order valence-electron chi connectivity index (χ4n) is 5.15. The van der Waals surface area contributed by atoms with E-state index in [4.69, 9.17) is 4.74 Å². The van der Waals surface area contributed by atoms with E-state index in [1.807, 2.05) is 0 Å². The van der Waals surface area contributed by atoms with Gasteiger partial charge in [0.15, 0.2) is 12.4 Å². The first kappa shape index (κ1) is 21.1. The molecule has 10 nitrogen and oxygen atoms in total. The number of fused-ring (bicyclic) bond motifs is 1. The Balaban J connectivity index is 1.06. The lowest BCUT2D eigenvalue weighted by Crippen LogP contribution is -2.44. The van der Waals surface area contributed by atoms with Crippen molar-refractivity contribution in [1.29, 1.82) is 0 Å². The Hall–Kier alpha value is -3.44. The van der Waals surface area contributed by atoms with E-state index in [9.17, 15) is 14.0 Å². The summed E-state index contributed by atoms with van der Waals surface area (Å²) in [6.45, 7) is 2.98. The summed E-state index contributed by atoms with van der Waals surface area (Å²) in [6.07, 6.45) is 5.40. The second-order valence-corrected chi connectivity index (χ2v) is 9.03. The monoisotopic (exact) mass is 465 g/mol. The molecule has 1 saturated heterocycles. The second-order valence-electron chi connectivity index (χ2n) is 9.03. The standard InChI is InChI=1S/C23H24FN7O3/c24-17-1-2-18-21-16(17)7-15(31(21)20(33)10-26-18)11-30-5-3-13(4-6-30)25-8-14-9-27-23-22(28-14)29-19(32)12-34-23/h1-2,9-10,13,15,25H,3-8,11-12H2,(H,28,29,32)/t15-/m0/s1. The molecular weight excluding hydrogens is 441 g/mol. The van der Waals surface area contributed by atoms with Crippen LogP contribution < -0.4 is 20.9 Å². The van der Waals surface area contributed by atoms with Gasteiger partial charge in [-0.1, -0.05) is 0 Å². The number of carbonyl (C=O) groups excluding carboxylic acids is 1. The molecule has 0 spiro atoms. The van der Waals surface area contributed by atoms with Gasteiger partial charge in [0.2, 0.25) is 0 Å². The van der Waals surface area contributed by atoms with E-state index >= 15 is 0 Å². The Morgan fingerprint density at radius 1 is 1.18 bits per heavy atom. The van der Waals surface area contributed by atoms with E-state index in [0.29, 0.717) is 53.8 Å². The molecule has 34 heavy (non-hydrogen) atoms. The molecule has 6 rings (SSSR count). The molecule has 1 fully saturated rings. The molecule has 0 bridgehead atoms. The second kappa shape index (κ2) is 8.41. The minimum absolute atomic E-state index is 0.0413. The number of amides is 1. The molecule has 2 aromatic heterocycles. The number of nitrogens with one attached hydrogen (secondary N) is 2. The van der Waals surface area contributed by atoms with Crippen molar-refractivity contribution in [2.75, 3.05) is 31.6 Å². The first-order chi connectivity index (χ1) is 16.5. The van der Waals surface area contributed by atoms with Gasteiger partial charge in [0.1, 0.15) is 5.82 Å². The van der Waals surface area contributed by atoms with Crippen LogP contribution in [0.25, 0.3) is 11.0 Å². The van der Waals surface area contributed by atoms with Crippen LogP contribution in [0.4, 0.5) is 10.2 Å². The summed E-state index contributed by atoms with van der Waals surface area (Å²) >= 11 is 0. The Bertz CT molecular complexity index is 1340. The molecule has 0 aliphatic carbocycles. The van der Waals surface area contributed by atoms with Crippen LogP contribution in [0.3, 0.4) is 0 Å². The van der Waals surface area contributed by atoms with Crippen LogP contribution in [0.1, 0.15) is 30.1 Å². The summed E-state index contributed by atoms with van der Waals surface area (Å²) in [7, 11) is 0. The Morgan fingerprint density at radius 2 is 2.03 bits per heavy atom. The number of ether oxygens (including phenoxy) is 1. The van der Waals surface area contributed by atoms with Gasteiger partial charge in [0, 0.05) is 24.7 Å². The highest BCUT2D eigenvalue weighted by Crippen LogP contribution is 2.32. The van der Waals surface area contributed by atoms with Gasteiger partial charge >= 0.3 is 0 Å². The van der Waals surface area contributed by atoms with Gasteiger partial charge in [-0.2, -0.15) is 0 Å². The predicted molar refractivity (Wildman–Crippen MR) is 121 cm³/mol. The molecule has 5 heterocycles. The van der Waals surface area contributed by atoms with Crippen LogP contribution >= 0.6 is 0 Å². The molecular formula is C23H24FN7O3. The molecule has 0 saturated carbocycles. The van der Waals surface area contributed by atoms with Crippen molar-refractivity contribution in [2.24, 2.45) is 0 Å². The van der Waals surface area contributed by atoms with E-state index in [2.05, 4.69) is 30.5 Å². The highest BCUT2D eigenvalue weighted by atomic mass is 19.1. The number of aromatic nitrogens is 4. The number of halogens is 1. The Morgan fingerprint density at radius 3 is 2.88 bits per heavy atom. The lowest BCUT2D eigenvalue weighted by molar-refractivity contribution is -0.118. The fraction of sp³-hybridized carbons (Fsp3) is 0.435. The smallest absolute Gasteiger partial charge is 0.269 e. The van der Waals surface area contributed by atoms with Crippen LogP contribution in [0.5, 0.6) is 5.88 Å². The topological polar surface area (TPSA) is 114 Å². The molecule has 1 aromatic carbocycles. The van der Waals surface area contributed by atoms with E-state index in [0.717, 1.165) is 31.6 Å². The van der Waals surface area contributed by atoms with E-state index < -0.39 is 0 Å². The van der Waals surface area contributed by atoms with Crippen molar-refractivity contribution in [2.45, 2.75) is 37.9 Å². The number of benzene rings is 1. The number of carbonyl (C=O) groups is 1. The zero-order valence-corrected chi connectivity index (χ0v) is 18.5. The number of nitrogens with zero attached hydrogens (tertiary/aromatic N) is 5. The van der Waals surface area contributed by atoms with E-state index in [1.165, 1.54) is 12.3 Å². The van der Waals surface area contributed by atoms with Crippen LogP contribution in [0.15, 0.2) is 29.3 Å². The average molecular weight is 465 g/mol. The normalized spacial score (nSPS) is 20.3. The maximum absolute atomic E-state index is 14.4. The van der Waals surface area contributed by atoms with Crippen molar-refractivity contribution in [3.05, 3.63) is 52.0 Å². The third-order valence-electron chi connectivity index (χ3n) is 6.82. The Kier molecular flexibility index (Phi) is 5.22. The zero-order chi connectivity index (χ0) is 23.2. The molecule has 3 aromatic rings. The van der Waals surface area contributed by atoms with Crippen molar-refractivity contribution in [3.8, 4) is 5.88 Å². The number of rotatable bonds is 5. The maximum atomic E-state index is 14.4. The largest absolute Gasteiger partial charge is 0.465 e. The van der Waals surface area contributed by atoms with E-state index in [-0.39, 0.29) is 29.9 Å². The highest BCUT2D eigenvalue weighted by Gasteiger charge is 2.31. The van der Waals surface area contributed by atoms with Gasteiger partial charge in [0.05, 0.1) is 35.2 Å². The van der Waals surface area contributed by atoms with Gasteiger partial charge < -0.3 is 24.8 Å². The summed E-state index contributed by atoms with van der Waals surface area (Å²) in [4.78, 5) is 39.2. The molecule has 0 unspecified atom stereocenters. The molecule has 3 aliphatic heterocycles. The van der Waals surface area contributed by atoms with Crippen LogP contribution in [0, 0.1) is 5.82 Å². The quantitative estimate of drug-likeness (QED) is 0.574. The summed E-state index contributed by atoms with van der Waals surface area (Å²) in [6, 6.07) is 3.32. The van der Waals surface area contributed by atoms with Gasteiger partial charge in [-0.25, -0.2) is 19.3 Å². The number of anilines is 1. The molecule has 176 valence electrons. The first-order valence-electron chi connectivity index (χ1n) is 11.5. The molecule has 1 amide bonds. The predicted octanol–water partition coefficient (Wildman–Crippen LogP) is 1.01. The van der Waals surface area contributed by atoms with E-state index in [1.54, 1.807) is 16.8 Å². The number of hydrogen-bond acceptors (Lipinski definition) is 8. The molecule has 0 radical (unpaired) electrons. The molecule has 3 aliphatic rings. The van der Waals surface area contributed by atoms with Gasteiger partial charge in [-0.15, -0.1) is 0 Å². The van der Waals surface area contributed by atoms with Crippen LogP contribution in [0.2, 0.25) is 0 Å². The SMILES string of the molecule is O=C1COc2ncc(CNC3CCN(C[C@@H]4Cc5c(F)ccc6ncc(=O)n4c56)CC3)nc2N1. The lowest BCUT2D eigenvalue weighted by Gasteiger charge is -2.34. The minimum Gasteiger partial charge on any atom is -0.465 e. The summed E-state index contributed by atoms with van der Waals surface area (Å²) in [5.41, 5.74) is 2.46. The number of likely N-dealkylation sites (tertiary alicyclic amines) is 1. The third-order valence-corrected chi connectivity index (χ3v) is 6.82. The number of piperidine rings is 1. The fourth-order valence-corrected chi connectivity index (χ4v) is 5.15. The zero-order valence-electron chi connectivity index (χ0n) is 18.5. The van der Waals surface area contributed by atoms with Crippen molar-refractivity contribution >= 4 is 22.8 Å². The van der Waals surface area contributed by atoms with Gasteiger partial charge in [-0.05, 0) is 44.5 Å². The van der Waals surface area contributed by atoms with Crippen LogP contribution in [-0.4, -0.2) is 62.6 Å². The molecule has 1 atom stereocenters. The van der Waals surface area contributed by atoms with Crippen molar-refractivity contribution in [1.82, 2.24) is 29.7 Å². The van der Waals surface area contributed by atoms with Gasteiger partial charge in [-0.3, -0.25) is 9.59 Å². The third kappa shape index (κ3) is 3.80. The summed E-state index contributed by atoms with van der Waals surface area (Å²) in [5, 5.41) is 6.20. The maximum Gasteiger partial charge on any atom is 0.269 e. The first-order valence-corrected chi connectivity index (χ1v) is 11.5. The van der Waals surface area contributed by atoms with Crippen molar-refractivity contribution in [3.63, 3.8) is 0 Å². The highest BCUT2D eigenvalue weighted by molar-refractivity contribution is 5.93. The van der Waals surface area contributed by atoms with Gasteiger partial charge in [0.25, 0.3) is 17.3 Å². The molecule has 11 heteroatoms. The minimum atomic E-state index is -0.268. The number of hydrogen-bond donors (Lipinski definition) is 2. The van der Waals surface area contributed by atoms with Crippen LogP contribution in [-0.2, 0) is 17.8 Å².